The molecule has 2 aromatic rings. The van der Waals surface area contributed by atoms with Crippen molar-refractivity contribution >= 4 is 17.6 Å². The van der Waals surface area contributed by atoms with Crippen molar-refractivity contribution in [3.8, 4) is 5.75 Å². The van der Waals surface area contributed by atoms with Gasteiger partial charge < -0.3 is 14.8 Å². The van der Waals surface area contributed by atoms with Gasteiger partial charge in [-0.15, -0.1) is 0 Å². The molecule has 0 bridgehead atoms. The Morgan fingerprint density at radius 2 is 1.91 bits per heavy atom. The maximum atomic E-state index is 13.0. The molecule has 0 saturated heterocycles. The van der Waals surface area contributed by atoms with Gasteiger partial charge in [-0.1, -0.05) is 18.2 Å². The molecule has 0 atom stereocenters. The molecular formula is C17H16FNO4. The molecule has 0 aliphatic rings. The minimum absolute atomic E-state index is 0.0931. The van der Waals surface area contributed by atoms with E-state index in [2.05, 4.69) is 5.32 Å². The number of amides is 1. The Balaban J connectivity index is 1.80. The number of rotatable bonds is 6. The van der Waals surface area contributed by atoms with Crippen LogP contribution in [0.25, 0.3) is 0 Å². The summed E-state index contributed by atoms with van der Waals surface area (Å²) in [6, 6.07) is 12.5. The number of carbonyl (C=O) groups excluding carboxylic acids is 2. The molecule has 0 radical (unpaired) electrons. The topological polar surface area (TPSA) is 64.6 Å². The summed E-state index contributed by atoms with van der Waals surface area (Å²) in [5.74, 6) is -0.890. The van der Waals surface area contributed by atoms with E-state index in [1.165, 1.54) is 25.3 Å². The molecule has 23 heavy (non-hydrogen) atoms. The first-order chi connectivity index (χ1) is 11.1. The number of hydrogen-bond acceptors (Lipinski definition) is 4. The Labute approximate surface area is 133 Å². The minimum Gasteiger partial charge on any atom is -0.497 e. The van der Waals surface area contributed by atoms with Gasteiger partial charge in [0.25, 0.3) is 5.91 Å². The van der Waals surface area contributed by atoms with Crippen molar-refractivity contribution in [1.82, 2.24) is 0 Å². The van der Waals surface area contributed by atoms with Gasteiger partial charge in [0.2, 0.25) is 0 Å². The highest BCUT2D eigenvalue weighted by Gasteiger charge is 2.09. The standard InChI is InChI=1S/C17H16FNO4/c1-22-15-7-3-6-14(10-15)19-16(20)11-23-17(21)9-12-4-2-5-13(18)8-12/h2-8,10H,9,11H2,1H3,(H,19,20). The van der Waals surface area contributed by atoms with Crippen molar-refractivity contribution in [3.63, 3.8) is 0 Å². The molecule has 120 valence electrons. The van der Waals surface area contributed by atoms with Crippen LogP contribution < -0.4 is 10.1 Å². The van der Waals surface area contributed by atoms with E-state index in [9.17, 15) is 14.0 Å². The lowest BCUT2D eigenvalue weighted by atomic mass is 10.1. The van der Waals surface area contributed by atoms with Crippen molar-refractivity contribution in [2.24, 2.45) is 0 Å². The van der Waals surface area contributed by atoms with E-state index in [0.717, 1.165) is 0 Å². The lowest BCUT2D eigenvalue weighted by Gasteiger charge is -2.08. The van der Waals surface area contributed by atoms with Gasteiger partial charge in [0.15, 0.2) is 6.61 Å². The number of halogens is 1. The van der Waals surface area contributed by atoms with Gasteiger partial charge in [0.1, 0.15) is 11.6 Å². The number of anilines is 1. The van der Waals surface area contributed by atoms with E-state index in [-0.39, 0.29) is 6.42 Å². The number of methoxy groups -OCH3 is 1. The number of carbonyl (C=O) groups is 2. The predicted octanol–water partition coefficient (Wildman–Crippen LogP) is 2.56. The molecule has 1 amide bonds. The second-order valence-corrected chi connectivity index (χ2v) is 4.75. The smallest absolute Gasteiger partial charge is 0.310 e. The molecule has 0 heterocycles. The van der Waals surface area contributed by atoms with Crippen molar-refractivity contribution in [2.45, 2.75) is 6.42 Å². The van der Waals surface area contributed by atoms with Crippen molar-refractivity contribution in [2.75, 3.05) is 19.0 Å². The van der Waals surface area contributed by atoms with Gasteiger partial charge in [0, 0.05) is 11.8 Å². The van der Waals surface area contributed by atoms with Crippen LogP contribution in [0.4, 0.5) is 10.1 Å². The monoisotopic (exact) mass is 317 g/mol. The third-order valence-corrected chi connectivity index (χ3v) is 2.96. The van der Waals surface area contributed by atoms with Crippen LogP contribution in [0.5, 0.6) is 5.75 Å². The maximum absolute atomic E-state index is 13.0. The molecule has 0 fully saturated rings. The highest BCUT2D eigenvalue weighted by molar-refractivity contribution is 5.93. The van der Waals surface area contributed by atoms with Gasteiger partial charge >= 0.3 is 5.97 Å². The van der Waals surface area contributed by atoms with Crippen molar-refractivity contribution in [1.29, 1.82) is 0 Å². The molecule has 0 saturated carbocycles. The zero-order valence-electron chi connectivity index (χ0n) is 12.5. The number of esters is 1. The fourth-order valence-corrected chi connectivity index (χ4v) is 1.91. The second kappa shape index (κ2) is 7.93. The Morgan fingerprint density at radius 1 is 1.13 bits per heavy atom. The number of ether oxygens (including phenoxy) is 2. The first-order valence-corrected chi connectivity index (χ1v) is 6.91. The third kappa shape index (κ3) is 5.43. The van der Waals surface area contributed by atoms with Crippen LogP contribution in [0.3, 0.4) is 0 Å². The predicted molar refractivity (Wildman–Crippen MR) is 82.7 cm³/mol. The quantitative estimate of drug-likeness (QED) is 0.832. The fraction of sp³-hybridized carbons (Fsp3) is 0.176. The average Bonchev–Trinajstić information content (AvgIpc) is 2.53. The second-order valence-electron chi connectivity index (χ2n) is 4.75. The Kier molecular flexibility index (Phi) is 5.68. The summed E-state index contributed by atoms with van der Waals surface area (Å²) in [5, 5.41) is 2.59. The zero-order chi connectivity index (χ0) is 16.7. The molecule has 1 N–H and O–H groups in total. The first kappa shape index (κ1) is 16.5. The highest BCUT2D eigenvalue weighted by Crippen LogP contribution is 2.16. The summed E-state index contributed by atoms with van der Waals surface area (Å²) >= 11 is 0. The highest BCUT2D eigenvalue weighted by atomic mass is 19.1. The molecule has 2 rings (SSSR count). The molecule has 0 aliphatic carbocycles. The number of benzene rings is 2. The average molecular weight is 317 g/mol. The van der Waals surface area contributed by atoms with Gasteiger partial charge in [-0.3, -0.25) is 9.59 Å². The lowest BCUT2D eigenvalue weighted by Crippen LogP contribution is -2.21. The number of nitrogens with one attached hydrogen (secondary N) is 1. The van der Waals surface area contributed by atoms with E-state index in [0.29, 0.717) is 17.0 Å². The summed E-state index contributed by atoms with van der Waals surface area (Å²) < 4.78 is 22.9. The Bertz CT molecular complexity index is 702. The molecule has 0 aromatic heterocycles. The SMILES string of the molecule is COc1cccc(NC(=O)COC(=O)Cc2cccc(F)c2)c1. The molecule has 5 nitrogen and oxygen atoms in total. The molecule has 2 aromatic carbocycles. The van der Waals surface area contributed by atoms with Crippen LogP contribution in [0.1, 0.15) is 5.56 Å². The van der Waals surface area contributed by atoms with E-state index >= 15 is 0 Å². The Morgan fingerprint density at radius 3 is 2.65 bits per heavy atom. The van der Waals surface area contributed by atoms with E-state index in [1.807, 2.05) is 0 Å². The molecule has 0 unspecified atom stereocenters. The molecule has 0 aliphatic heterocycles. The minimum atomic E-state index is -0.601. The van der Waals surface area contributed by atoms with Crippen molar-refractivity contribution in [3.05, 3.63) is 59.9 Å². The van der Waals surface area contributed by atoms with E-state index in [4.69, 9.17) is 9.47 Å². The molecule has 0 spiro atoms. The van der Waals surface area contributed by atoms with Gasteiger partial charge in [-0.2, -0.15) is 0 Å². The summed E-state index contributed by atoms with van der Waals surface area (Å²) in [6.07, 6.45) is -0.0931. The van der Waals surface area contributed by atoms with E-state index in [1.54, 1.807) is 30.3 Å². The van der Waals surface area contributed by atoms with Crippen LogP contribution in [0, 0.1) is 5.82 Å². The van der Waals surface area contributed by atoms with Gasteiger partial charge in [-0.25, -0.2) is 4.39 Å². The molecule has 6 heteroatoms. The maximum Gasteiger partial charge on any atom is 0.310 e. The van der Waals surface area contributed by atoms with E-state index < -0.39 is 24.3 Å². The normalized spacial score (nSPS) is 10.0. The fourth-order valence-electron chi connectivity index (χ4n) is 1.91. The van der Waals surface area contributed by atoms with Crippen LogP contribution >= 0.6 is 0 Å². The van der Waals surface area contributed by atoms with Crippen LogP contribution in [-0.2, 0) is 20.7 Å². The molecular weight excluding hydrogens is 301 g/mol. The summed E-state index contributed by atoms with van der Waals surface area (Å²) in [7, 11) is 1.52. The summed E-state index contributed by atoms with van der Waals surface area (Å²) in [6.45, 7) is -0.411. The van der Waals surface area contributed by atoms with Gasteiger partial charge in [-0.05, 0) is 29.8 Å². The van der Waals surface area contributed by atoms with Crippen LogP contribution in [-0.4, -0.2) is 25.6 Å². The first-order valence-electron chi connectivity index (χ1n) is 6.91. The summed E-state index contributed by atoms with van der Waals surface area (Å²) in [4.78, 5) is 23.4. The largest absolute Gasteiger partial charge is 0.497 e. The number of hydrogen-bond donors (Lipinski definition) is 1. The Hall–Kier alpha value is -2.89. The third-order valence-electron chi connectivity index (χ3n) is 2.96. The van der Waals surface area contributed by atoms with Crippen LogP contribution in [0.2, 0.25) is 0 Å². The lowest BCUT2D eigenvalue weighted by molar-refractivity contribution is -0.146. The van der Waals surface area contributed by atoms with Crippen molar-refractivity contribution < 1.29 is 23.5 Å². The van der Waals surface area contributed by atoms with Gasteiger partial charge in [0.05, 0.1) is 13.5 Å². The van der Waals surface area contributed by atoms with Crippen LogP contribution in [0.15, 0.2) is 48.5 Å². The zero-order valence-corrected chi connectivity index (χ0v) is 12.5. The summed E-state index contributed by atoms with van der Waals surface area (Å²) in [5.41, 5.74) is 1.03.